The van der Waals surface area contributed by atoms with E-state index >= 15 is 0 Å². The second kappa shape index (κ2) is 8.50. The van der Waals surface area contributed by atoms with Crippen molar-refractivity contribution in [2.75, 3.05) is 13.1 Å². The molecule has 0 aromatic carbocycles. The Morgan fingerprint density at radius 1 is 1.32 bits per heavy atom. The summed E-state index contributed by atoms with van der Waals surface area (Å²) in [5, 5.41) is 11.0. The highest BCUT2D eigenvalue weighted by Gasteiger charge is 2.38. The summed E-state index contributed by atoms with van der Waals surface area (Å²) in [5.41, 5.74) is 0.615. The normalized spacial score (nSPS) is 20.5. The Kier molecular flexibility index (Phi) is 7.32. The molecule has 2 N–H and O–H groups in total. The summed E-state index contributed by atoms with van der Waals surface area (Å²) in [6, 6.07) is 0. The fourth-order valence-electron chi connectivity index (χ4n) is 2.44. The van der Waals surface area contributed by atoms with Gasteiger partial charge in [-0.25, -0.2) is 0 Å². The number of nitrogens with zero attached hydrogens (tertiary/aromatic N) is 1. The molecule has 0 heterocycles. The van der Waals surface area contributed by atoms with Crippen molar-refractivity contribution in [1.29, 1.82) is 0 Å². The number of aliphatic imine (C=N–C) groups is 1. The largest absolute Gasteiger partial charge is 0.416 e. The van der Waals surface area contributed by atoms with E-state index in [9.17, 15) is 18.0 Å². The molecule has 1 aliphatic carbocycles. The molecule has 0 bridgehead atoms. The molecule has 1 aliphatic rings. The first-order valence-corrected chi connectivity index (χ1v) is 7.75. The molecule has 1 saturated carbocycles. The summed E-state index contributed by atoms with van der Waals surface area (Å²) in [4.78, 5) is 16.2. The minimum Gasteiger partial charge on any atom is -0.382 e. The fourth-order valence-corrected chi connectivity index (χ4v) is 2.44. The number of aliphatic hydroxyl groups excluding tert-OH is 1. The van der Waals surface area contributed by atoms with E-state index in [0.29, 0.717) is 18.2 Å². The predicted octanol–water partition coefficient (Wildman–Crippen LogP) is 2.70. The van der Waals surface area contributed by atoms with Crippen LogP contribution in [0.25, 0.3) is 0 Å². The predicted molar refractivity (Wildman–Crippen MR) is 78.8 cm³/mol. The Labute approximate surface area is 129 Å². The van der Waals surface area contributed by atoms with Gasteiger partial charge in [-0.1, -0.05) is 19.3 Å². The zero-order valence-corrected chi connectivity index (χ0v) is 13.1. The molecule has 7 heteroatoms. The Balaban J connectivity index is 2.40. The van der Waals surface area contributed by atoms with E-state index < -0.39 is 30.7 Å². The molecule has 1 fully saturated rings. The van der Waals surface area contributed by atoms with Crippen molar-refractivity contribution >= 4 is 11.6 Å². The lowest BCUT2D eigenvalue weighted by Crippen LogP contribution is -2.43. The third kappa shape index (κ3) is 6.34. The molecule has 128 valence electrons. The third-order valence-electron chi connectivity index (χ3n) is 4.19. The summed E-state index contributed by atoms with van der Waals surface area (Å²) in [5.74, 6) is -0.594. The van der Waals surface area contributed by atoms with E-state index in [4.69, 9.17) is 5.11 Å². The van der Waals surface area contributed by atoms with Gasteiger partial charge in [-0.2, -0.15) is 13.2 Å². The molecule has 1 amide bonds. The molecule has 1 rings (SSSR count). The van der Waals surface area contributed by atoms with Crippen molar-refractivity contribution in [2.24, 2.45) is 16.8 Å². The summed E-state index contributed by atoms with van der Waals surface area (Å²) < 4.78 is 36.5. The molecule has 22 heavy (non-hydrogen) atoms. The second-order valence-corrected chi connectivity index (χ2v) is 6.01. The minimum absolute atomic E-state index is 0.547. The zero-order chi connectivity index (χ0) is 16.8. The maximum atomic E-state index is 12.2. The molecule has 0 saturated heterocycles. The Bertz CT molecular complexity index is 391. The summed E-state index contributed by atoms with van der Waals surface area (Å²) in [7, 11) is 0. The van der Waals surface area contributed by atoms with Crippen LogP contribution in [0, 0.1) is 11.8 Å². The smallest absolute Gasteiger partial charge is 0.382 e. The number of nitrogens with one attached hydrogen (secondary N) is 1. The SMILES string of the molecule is CC(=NCC1CCCCC1)C(C)C(=O)NCC(O)C(F)(F)F. The molecule has 2 atom stereocenters. The van der Waals surface area contributed by atoms with Gasteiger partial charge in [-0.3, -0.25) is 9.79 Å². The maximum Gasteiger partial charge on any atom is 0.416 e. The number of halogens is 3. The number of hydrogen-bond donors (Lipinski definition) is 2. The van der Waals surface area contributed by atoms with E-state index in [-0.39, 0.29) is 0 Å². The number of rotatable bonds is 6. The monoisotopic (exact) mass is 322 g/mol. The van der Waals surface area contributed by atoms with Gasteiger partial charge in [0, 0.05) is 12.3 Å². The van der Waals surface area contributed by atoms with Crippen LogP contribution < -0.4 is 5.32 Å². The van der Waals surface area contributed by atoms with Gasteiger partial charge < -0.3 is 10.4 Å². The summed E-state index contributed by atoms with van der Waals surface area (Å²) in [6.07, 6.45) is -1.28. The van der Waals surface area contributed by atoms with Gasteiger partial charge >= 0.3 is 6.18 Å². The van der Waals surface area contributed by atoms with Crippen molar-refractivity contribution in [3.63, 3.8) is 0 Å². The van der Waals surface area contributed by atoms with Gasteiger partial charge in [-0.15, -0.1) is 0 Å². The van der Waals surface area contributed by atoms with Gasteiger partial charge in [0.1, 0.15) is 0 Å². The number of alkyl halides is 3. The zero-order valence-electron chi connectivity index (χ0n) is 13.1. The summed E-state index contributed by atoms with van der Waals surface area (Å²) in [6.45, 7) is 3.17. The van der Waals surface area contributed by atoms with Gasteiger partial charge in [0.15, 0.2) is 6.10 Å². The average molecular weight is 322 g/mol. The number of carbonyl (C=O) groups excluding carboxylic acids is 1. The molecule has 0 aromatic rings. The molecule has 4 nitrogen and oxygen atoms in total. The third-order valence-corrected chi connectivity index (χ3v) is 4.19. The van der Waals surface area contributed by atoms with Crippen LogP contribution in [0.15, 0.2) is 4.99 Å². The summed E-state index contributed by atoms with van der Waals surface area (Å²) >= 11 is 0. The number of amides is 1. The standard InChI is InChI=1S/C15H25F3N2O2/c1-10(14(22)20-9-13(21)15(16,17)18)11(2)19-8-12-6-4-3-5-7-12/h10,12-13,21H,3-9H2,1-2H3,(H,20,22). The molecule has 0 aromatic heterocycles. The van der Waals surface area contributed by atoms with E-state index in [1.165, 1.54) is 19.3 Å². The van der Waals surface area contributed by atoms with Gasteiger partial charge in [0.2, 0.25) is 5.91 Å². The van der Waals surface area contributed by atoms with Crippen molar-refractivity contribution < 1.29 is 23.1 Å². The topological polar surface area (TPSA) is 61.7 Å². The molecular formula is C15H25F3N2O2. The number of carbonyl (C=O) groups is 1. The highest BCUT2D eigenvalue weighted by Crippen LogP contribution is 2.24. The van der Waals surface area contributed by atoms with Crippen molar-refractivity contribution in [3.05, 3.63) is 0 Å². The lowest BCUT2D eigenvalue weighted by molar-refractivity contribution is -0.201. The van der Waals surface area contributed by atoms with E-state index in [0.717, 1.165) is 12.8 Å². The lowest BCUT2D eigenvalue weighted by Gasteiger charge is -2.20. The second-order valence-electron chi connectivity index (χ2n) is 6.01. The van der Waals surface area contributed by atoms with Gasteiger partial charge in [-0.05, 0) is 32.6 Å². The maximum absolute atomic E-state index is 12.2. The molecule has 0 spiro atoms. The van der Waals surface area contributed by atoms with E-state index in [1.807, 2.05) is 0 Å². The van der Waals surface area contributed by atoms with Gasteiger partial charge in [0.05, 0.1) is 12.5 Å². The van der Waals surface area contributed by atoms with Crippen LogP contribution in [0.4, 0.5) is 13.2 Å². The minimum atomic E-state index is -4.72. The van der Waals surface area contributed by atoms with Crippen molar-refractivity contribution in [3.8, 4) is 0 Å². The van der Waals surface area contributed by atoms with Crippen molar-refractivity contribution in [2.45, 2.75) is 58.2 Å². The van der Waals surface area contributed by atoms with Crippen LogP contribution >= 0.6 is 0 Å². The highest BCUT2D eigenvalue weighted by atomic mass is 19.4. The van der Waals surface area contributed by atoms with Crippen LogP contribution in [-0.4, -0.2) is 42.1 Å². The van der Waals surface area contributed by atoms with Crippen LogP contribution in [0.1, 0.15) is 46.0 Å². The number of aliphatic hydroxyl groups is 1. The van der Waals surface area contributed by atoms with Crippen LogP contribution in [-0.2, 0) is 4.79 Å². The first-order valence-electron chi connectivity index (χ1n) is 7.75. The quantitative estimate of drug-likeness (QED) is 0.739. The van der Waals surface area contributed by atoms with Gasteiger partial charge in [0.25, 0.3) is 0 Å². The van der Waals surface area contributed by atoms with Crippen molar-refractivity contribution in [1.82, 2.24) is 5.32 Å². The van der Waals surface area contributed by atoms with E-state index in [1.54, 1.807) is 13.8 Å². The first-order chi connectivity index (χ1) is 10.2. The first kappa shape index (κ1) is 18.9. The Morgan fingerprint density at radius 3 is 2.45 bits per heavy atom. The average Bonchev–Trinajstić information content (AvgIpc) is 2.49. The van der Waals surface area contributed by atoms with E-state index in [2.05, 4.69) is 10.3 Å². The molecule has 2 unspecified atom stereocenters. The molecular weight excluding hydrogens is 297 g/mol. The van der Waals surface area contributed by atoms with Crippen LogP contribution in [0.2, 0.25) is 0 Å². The molecule has 0 aliphatic heterocycles. The lowest BCUT2D eigenvalue weighted by atomic mass is 9.89. The van der Waals surface area contributed by atoms with Crippen LogP contribution in [0.3, 0.4) is 0 Å². The fraction of sp³-hybridized carbons (Fsp3) is 0.867. The number of hydrogen-bond acceptors (Lipinski definition) is 3. The Hall–Kier alpha value is -1.11. The Morgan fingerprint density at radius 2 is 1.91 bits per heavy atom. The molecule has 0 radical (unpaired) electrons. The highest BCUT2D eigenvalue weighted by molar-refractivity contribution is 6.02. The van der Waals surface area contributed by atoms with Crippen LogP contribution in [0.5, 0.6) is 0 Å².